The molecule has 3 aromatic heterocycles. The molecule has 1 spiro atoms. The van der Waals surface area contributed by atoms with Crippen molar-refractivity contribution in [2.24, 2.45) is 11.3 Å². The van der Waals surface area contributed by atoms with Gasteiger partial charge in [0, 0.05) is 36.7 Å². The van der Waals surface area contributed by atoms with Gasteiger partial charge >= 0.3 is 6.18 Å². The second-order valence-electron chi connectivity index (χ2n) is 10.00. The number of pyridine rings is 3. The Morgan fingerprint density at radius 3 is 2.66 bits per heavy atom. The number of nitrogens with zero attached hydrogens (tertiary/aromatic N) is 4. The molecule has 0 aromatic carbocycles. The number of piperidine rings is 1. The van der Waals surface area contributed by atoms with Crippen molar-refractivity contribution >= 4 is 11.7 Å². The molecule has 1 amide bonds. The number of carbonyl (C=O) groups excluding carboxylic acids is 1. The number of likely N-dealkylation sites (tertiary alicyclic amines) is 1. The van der Waals surface area contributed by atoms with Gasteiger partial charge in [-0.1, -0.05) is 6.07 Å². The Labute approximate surface area is 200 Å². The molecule has 1 N–H and O–H groups in total. The number of hydrogen-bond acceptors (Lipinski definition) is 5. The van der Waals surface area contributed by atoms with E-state index in [1.54, 1.807) is 12.4 Å². The third kappa shape index (κ3) is 3.47. The third-order valence-corrected chi connectivity index (χ3v) is 7.78. The maximum atomic E-state index is 13.8. The summed E-state index contributed by atoms with van der Waals surface area (Å²) in [5.74, 6) is 0.710. The number of anilines is 1. The predicted molar refractivity (Wildman–Crippen MR) is 124 cm³/mol. The number of halogens is 3. The van der Waals surface area contributed by atoms with Crippen LogP contribution in [0.1, 0.15) is 40.0 Å². The number of alkyl halides is 3. The minimum Gasteiger partial charge on any atom is -0.365 e. The van der Waals surface area contributed by atoms with Gasteiger partial charge in [-0.25, -0.2) is 4.98 Å². The first-order valence-corrected chi connectivity index (χ1v) is 11.7. The molecular weight excluding hydrogens is 455 g/mol. The van der Waals surface area contributed by atoms with E-state index in [0.717, 1.165) is 47.5 Å². The van der Waals surface area contributed by atoms with Crippen molar-refractivity contribution in [3.63, 3.8) is 0 Å². The summed E-state index contributed by atoms with van der Waals surface area (Å²) in [6.07, 6.45) is 1.78. The zero-order valence-electron chi connectivity index (χ0n) is 19.3. The number of aryl methyl sites for hydroxylation is 2. The molecule has 180 valence electrons. The first kappa shape index (κ1) is 22.0. The van der Waals surface area contributed by atoms with Crippen molar-refractivity contribution in [3.8, 4) is 11.3 Å². The lowest BCUT2D eigenvalue weighted by Gasteiger charge is -2.48. The van der Waals surface area contributed by atoms with Crippen LogP contribution < -0.4 is 5.32 Å². The van der Waals surface area contributed by atoms with E-state index in [2.05, 4.69) is 20.3 Å². The fraction of sp³-hybridized carbons (Fsp3) is 0.385. The van der Waals surface area contributed by atoms with E-state index in [9.17, 15) is 18.0 Å². The maximum absolute atomic E-state index is 13.8. The molecule has 2 saturated carbocycles. The van der Waals surface area contributed by atoms with E-state index in [-0.39, 0.29) is 23.4 Å². The van der Waals surface area contributed by atoms with Gasteiger partial charge in [0.15, 0.2) is 0 Å². The van der Waals surface area contributed by atoms with Crippen LogP contribution in [0.25, 0.3) is 11.3 Å². The molecule has 1 aliphatic heterocycles. The smallest absolute Gasteiger partial charge is 0.365 e. The second kappa shape index (κ2) is 7.50. The van der Waals surface area contributed by atoms with Crippen LogP contribution in [0.2, 0.25) is 0 Å². The maximum Gasteiger partial charge on any atom is 0.417 e. The third-order valence-electron chi connectivity index (χ3n) is 7.78. The summed E-state index contributed by atoms with van der Waals surface area (Å²) in [6.45, 7) is 4.56. The number of hydrogen-bond donors (Lipinski definition) is 1. The molecule has 1 saturated heterocycles. The van der Waals surface area contributed by atoms with E-state index in [1.165, 1.54) is 6.07 Å². The molecule has 35 heavy (non-hydrogen) atoms. The van der Waals surface area contributed by atoms with Crippen molar-refractivity contribution in [1.29, 1.82) is 0 Å². The Morgan fingerprint density at radius 1 is 1.11 bits per heavy atom. The SMILES string of the molecule is Cc1cnc(C(=O)N2CC3CC34CC(Nc3ccc(C(F)(F)F)cn3)C24)c(-c2ncccc2C)c1. The molecular formula is C26H24F3N5O. The molecule has 6 nitrogen and oxygen atoms in total. The van der Waals surface area contributed by atoms with Gasteiger partial charge in [-0.05, 0) is 73.4 Å². The molecule has 3 aromatic rings. The summed E-state index contributed by atoms with van der Waals surface area (Å²) in [6, 6.07) is 8.04. The van der Waals surface area contributed by atoms with Crippen LogP contribution in [-0.2, 0) is 6.18 Å². The van der Waals surface area contributed by atoms with Crippen LogP contribution >= 0.6 is 0 Å². The standard InChI is InChI=1S/C26H24F3N5O/c1-14-8-18(21-15(2)4-3-7-30-21)22(32-11-14)24(35)34-13-17-9-25(17)10-19(23(25)34)33-20-6-5-16(12-31-20)26(27,28)29/h3-8,11-12,17,19,23H,9-10,13H2,1-2H3,(H,31,33). The topological polar surface area (TPSA) is 71.0 Å². The summed E-state index contributed by atoms with van der Waals surface area (Å²) in [4.78, 5) is 28.7. The summed E-state index contributed by atoms with van der Waals surface area (Å²) < 4.78 is 38.6. The highest BCUT2D eigenvalue weighted by Gasteiger charge is 2.75. The van der Waals surface area contributed by atoms with E-state index >= 15 is 0 Å². The van der Waals surface area contributed by atoms with Crippen molar-refractivity contribution in [1.82, 2.24) is 19.9 Å². The lowest BCUT2D eigenvalue weighted by Crippen LogP contribution is -2.60. The zero-order chi connectivity index (χ0) is 24.5. The highest BCUT2D eigenvalue weighted by atomic mass is 19.4. The molecule has 6 rings (SSSR count). The van der Waals surface area contributed by atoms with Crippen molar-refractivity contribution < 1.29 is 18.0 Å². The fourth-order valence-electron chi connectivity index (χ4n) is 6.02. The first-order chi connectivity index (χ1) is 16.7. The van der Waals surface area contributed by atoms with E-state index in [4.69, 9.17) is 0 Å². The van der Waals surface area contributed by atoms with Crippen LogP contribution in [0.5, 0.6) is 0 Å². The minimum absolute atomic E-state index is 0.0372. The van der Waals surface area contributed by atoms with Crippen LogP contribution in [0.4, 0.5) is 19.0 Å². The monoisotopic (exact) mass is 479 g/mol. The molecule has 9 heteroatoms. The quantitative estimate of drug-likeness (QED) is 0.577. The van der Waals surface area contributed by atoms with Gasteiger partial charge in [-0.3, -0.25) is 14.8 Å². The molecule has 0 radical (unpaired) electrons. The van der Waals surface area contributed by atoms with E-state index < -0.39 is 11.7 Å². The molecule has 4 atom stereocenters. The lowest BCUT2D eigenvalue weighted by atomic mass is 9.71. The van der Waals surface area contributed by atoms with E-state index in [1.807, 2.05) is 36.9 Å². The highest BCUT2D eigenvalue weighted by Crippen LogP contribution is 2.71. The molecule has 0 bridgehead atoms. The van der Waals surface area contributed by atoms with Gasteiger partial charge in [0.05, 0.1) is 17.3 Å². The van der Waals surface area contributed by atoms with Gasteiger partial charge in [0.1, 0.15) is 11.5 Å². The first-order valence-electron chi connectivity index (χ1n) is 11.7. The number of carbonyl (C=O) groups is 1. The van der Waals surface area contributed by atoms with Crippen LogP contribution in [-0.4, -0.2) is 44.4 Å². The number of nitrogens with one attached hydrogen (secondary N) is 1. The molecule has 2 aliphatic carbocycles. The van der Waals surface area contributed by atoms with Gasteiger partial charge in [0.2, 0.25) is 0 Å². The molecule has 3 aliphatic rings. The van der Waals surface area contributed by atoms with Crippen molar-refractivity contribution in [2.75, 3.05) is 11.9 Å². The Balaban J connectivity index is 1.27. The average molecular weight is 480 g/mol. The Hall–Kier alpha value is -3.49. The van der Waals surface area contributed by atoms with Gasteiger partial charge in [-0.2, -0.15) is 13.2 Å². The number of amides is 1. The van der Waals surface area contributed by atoms with Gasteiger partial charge in [-0.15, -0.1) is 0 Å². The zero-order valence-corrected chi connectivity index (χ0v) is 19.3. The Kier molecular flexibility index (Phi) is 4.72. The Morgan fingerprint density at radius 2 is 1.94 bits per heavy atom. The summed E-state index contributed by atoms with van der Waals surface area (Å²) >= 11 is 0. The number of aromatic nitrogens is 3. The molecule has 4 unspecified atom stereocenters. The van der Waals surface area contributed by atoms with Crippen molar-refractivity contribution in [3.05, 3.63) is 71.3 Å². The van der Waals surface area contributed by atoms with Crippen LogP contribution in [0, 0.1) is 25.2 Å². The summed E-state index contributed by atoms with van der Waals surface area (Å²) in [5, 5.41) is 3.28. The lowest BCUT2D eigenvalue weighted by molar-refractivity contribution is -0.137. The largest absolute Gasteiger partial charge is 0.417 e. The summed E-state index contributed by atoms with van der Waals surface area (Å²) in [7, 11) is 0. The predicted octanol–water partition coefficient (Wildman–Crippen LogP) is 4.89. The fourth-order valence-corrected chi connectivity index (χ4v) is 6.02. The molecule has 3 fully saturated rings. The van der Waals surface area contributed by atoms with Crippen molar-refractivity contribution in [2.45, 2.75) is 44.9 Å². The van der Waals surface area contributed by atoms with Gasteiger partial charge in [0.25, 0.3) is 5.91 Å². The van der Waals surface area contributed by atoms with E-state index in [0.29, 0.717) is 24.0 Å². The summed E-state index contributed by atoms with van der Waals surface area (Å²) in [5.41, 5.74) is 3.07. The normalized spacial score (nSPS) is 26.5. The van der Waals surface area contributed by atoms with Gasteiger partial charge < -0.3 is 10.2 Å². The minimum atomic E-state index is -4.42. The average Bonchev–Trinajstić information content (AvgIpc) is 3.47. The molecule has 4 heterocycles. The van der Waals surface area contributed by atoms with Crippen LogP contribution in [0.15, 0.2) is 48.9 Å². The highest BCUT2D eigenvalue weighted by molar-refractivity contribution is 5.99. The van der Waals surface area contributed by atoms with Crippen LogP contribution in [0.3, 0.4) is 0 Å². The number of rotatable bonds is 4. The second-order valence-corrected chi connectivity index (χ2v) is 10.00. The Bertz CT molecular complexity index is 1330.